The number of para-hydroxylation sites is 1. The van der Waals surface area contributed by atoms with Gasteiger partial charge in [-0.1, -0.05) is 67.1 Å². The molecule has 1 atom stereocenters. The molecular formula is C28H21ClN2O4. The van der Waals surface area contributed by atoms with E-state index in [0.29, 0.717) is 35.8 Å². The lowest BCUT2D eigenvalue weighted by Gasteiger charge is -2.34. The molecule has 1 aromatic heterocycles. The first-order valence-corrected chi connectivity index (χ1v) is 11.9. The Bertz CT molecular complexity index is 1580. The summed E-state index contributed by atoms with van der Waals surface area (Å²) in [4.78, 5) is 45.3. The summed E-state index contributed by atoms with van der Waals surface area (Å²) in [6, 6.07) is 21.7. The van der Waals surface area contributed by atoms with E-state index in [1.165, 1.54) is 11.0 Å². The first-order valence-electron chi connectivity index (χ1n) is 11.5. The second-order valence-corrected chi connectivity index (χ2v) is 9.27. The number of halogens is 1. The van der Waals surface area contributed by atoms with Gasteiger partial charge in [-0.05, 0) is 36.2 Å². The number of rotatable bonds is 4. The maximum Gasteiger partial charge on any atom is 0.291 e. The van der Waals surface area contributed by atoms with E-state index in [4.69, 9.17) is 16.0 Å². The zero-order chi connectivity index (χ0) is 24.3. The third kappa shape index (κ3) is 2.86. The molecule has 2 aliphatic rings. The van der Waals surface area contributed by atoms with Gasteiger partial charge < -0.3 is 14.2 Å². The van der Waals surface area contributed by atoms with Gasteiger partial charge in [0.05, 0.1) is 23.2 Å². The Morgan fingerprint density at radius 2 is 1.69 bits per heavy atom. The fraction of sp³-hybridized carbons (Fsp3) is 0.179. The molecule has 7 heteroatoms. The van der Waals surface area contributed by atoms with E-state index in [0.717, 1.165) is 5.56 Å². The normalized spacial score (nSPS) is 18.6. The van der Waals surface area contributed by atoms with Gasteiger partial charge in [-0.25, -0.2) is 0 Å². The number of benzene rings is 3. The van der Waals surface area contributed by atoms with Gasteiger partial charge in [-0.15, -0.1) is 0 Å². The number of hydrogen-bond acceptors (Lipinski definition) is 4. The zero-order valence-corrected chi connectivity index (χ0v) is 19.7. The Morgan fingerprint density at radius 3 is 2.46 bits per heavy atom. The number of amides is 2. The molecule has 3 aromatic carbocycles. The summed E-state index contributed by atoms with van der Waals surface area (Å²) >= 11 is 6.19. The van der Waals surface area contributed by atoms with Gasteiger partial charge in [0.25, 0.3) is 11.8 Å². The van der Waals surface area contributed by atoms with Gasteiger partial charge in [0.15, 0.2) is 11.0 Å². The van der Waals surface area contributed by atoms with Crippen molar-refractivity contribution in [3.05, 3.63) is 110 Å². The van der Waals surface area contributed by atoms with Crippen LogP contribution in [0.1, 0.15) is 40.6 Å². The molecule has 3 heterocycles. The molecule has 2 aliphatic heterocycles. The van der Waals surface area contributed by atoms with E-state index in [9.17, 15) is 14.4 Å². The van der Waals surface area contributed by atoms with Gasteiger partial charge in [0, 0.05) is 17.1 Å². The SMILES string of the molecule is CCCN1C(=O)c2oc3ccc(Cl)cc3c(=O)c2C12C(=O)N(Cc1ccccc1)c1ccccc12. The maximum absolute atomic E-state index is 14.5. The third-order valence-corrected chi connectivity index (χ3v) is 7.06. The molecule has 6 rings (SSSR count). The Labute approximate surface area is 206 Å². The molecule has 0 saturated carbocycles. The standard InChI is InChI=1S/C28H21ClN2O4/c1-2-14-31-26(33)25-23(24(32)19-15-18(29)12-13-22(19)35-25)28(31)20-10-6-7-11-21(20)30(27(28)34)16-17-8-4-3-5-9-17/h3-13,15H,2,14,16H2,1H3. The van der Waals surface area contributed by atoms with Gasteiger partial charge in [0.1, 0.15) is 5.58 Å². The fourth-order valence-electron chi connectivity index (χ4n) is 5.41. The Balaban J connectivity index is 1.67. The minimum Gasteiger partial charge on any atom is -0.450 e. The summed E-state index contributed by atoms with van der Waals surface area (Å²) in [6.07, 6.45) is 0.606. The molecule has 0 aliphatic carbocycles. The molecule has 0 fully saturated rings. The number of anilines is 1. The molecule has 35 heavy (non-hydrogen) atoms. The molecule has 0 N–H and O–H groups in total. The van der Waals surface area contributed by atoms with E-state index in [2.05, 4.69) is 0 Å². The fourth-order valence-corrected chi connectivity index (χ4v) is 5.58. The molecule has 1 unspecified atom stereocenters. The first kappa shape index (κ1) is 21.6. The molecule has 174 valence electrons. The van der Waals surface area contributed by atoms with E-state index >= 15 is 0 Å². The van der Waals surface area contributed by atoms with Crippen LogP contribution in [0.15, 0.2) is 82.0 Å². The Hall–Kier alpha value is -3.90. The zero-order valence-electron chi connectivity index (χ0n) is 19.0. The lowest BCUT2D eigenvalue weighted by molar-refractivity contribution is -0.126. The number of carbonyl (C=O) groups excluding carboxylic acids is 2. The van der Waals surface area contributed by atoms with Gasteiger partial charge >= 0.3 is 0 Å². The summed E-state index contributed by atoms with van der Waals surface area (Å²) in [7, 11) is 0. The minimum absolute atomic E-state index is 0.0683. The van der Waals surface area contributed by atoms with Crippen molar-refractivity contribution in [1.82, 2.24) is 4.90 Å². The lowest BCUT2D eigenvalue weighted by atomic mass is 9.84. The average Bonchev–Trinajstić information content (AvgIpc) is 3.26. The summed E-state index contributed by atoms with van der Waals surface area (Å²) in [5.74, 6) is -0.875. The highest BCUT2D eigenvalue weighted by Crippen LogP contribution is 2.52. The minimum atomic E-state index is -1.59. The van der Waals surface area contributed by atoms with Crippen LogP contribution in [-0.4, -0.2) is 23.3 Å². The van der Waals surface area contributed by atoms with E-state index in [1.807, 2.05) is 61.5 Å². The van der Waals surface area contributed by atoms with Crippen LogP contribution in [0.25, 0.3) is 11.0 Å². The van der Waals surface area contributed by atoms with Crippen molar-refractivity contribution in [2.45, 2.75) is 25.4 Å². The predicted octanol–water partition coefficient (Wildman–Crippen LogP) is 5.10. The lowest BCUT2D eigenvalue weighted by Crippen LogP contribution is -2.53. The van der Waals surface area contributed by atoms with Crippen LogP contribution in [0, 0.1) is 0 Å². The highest BCUT2D eigenvalue weighted by molar-refractivity contribution is 6.31. The summed E-state index contributed by atoms with van der Waals surface area (Å²) in [6.45, 7) is 2.54. The third-order valence-electron chi connectivity index (χ3n) is 6.83. The van der Waals surface area contributed by atoms with Crippen LogP contribution >= 0.6 is 11.6 Å². The highest BCUT2D eigenvalue weighted by Gasteiger charge is 2.64. The summed E-state index contributed by atoms with van der Waals surface area (Å²) < 4.78 is 6.01. The van der Waals surface area contributed by atoms with Crippen LogP contribution in [0.3, 0.4) is 0 Å². The molecule has 0 radical (unpaired) electrons. The van der Waals surface area contributed by atoms with Crippen molar-refractivity contribution < 1.29 is 14.0 Å². The monoisotopic (exact) mass is 484 g/mol. The van der Waals surface area contributed by atoms with Crippen LogP contribution in [0.2, 0.25) is 5.02 Å². The topological polar surface area (TPSA) is 70.8 Å². The van der Waals surface area contributed by atoms with Crippen LogP contribution in [-0.2, 0) is 16.9 Å². The quantitative estimate of drug-likeness (QED) is 0.404. The Morgan fingerprint density at radius 1 is 0.943 bits per heavy atom. The van der Waals surface area contributed by atoms with E-state index in [1.54, 1.807) is 17.0 Å². The smallest absolute Gasteiger partial charge is 0.291 e. The average molecular weight is 485 g/mol. The van der Waals surface area contributed by atoms with Crippen molar-refractivity contribution in [2.24, 2.45) is 0 Å². The molecule has 2 amide bonds. The predicted molar refractivity (Wildman–Crippen MR) is 134 cm³/mol. The number of fused-ring (bicyclic) bond motifs is 5. The second-order valence-electron chi connectivity index (χ2n) is 8.84. The first-order chi connectivity index (χ1) is 17.0. The largest absolute Gasteiger partial charge is 0.450 e. The van der Waals surface area contributed by atoms with Crippen molar-refractivity contribution in [1.29, 1.82) is 0 Å². The Kier molecular flexibility index (Phi) is 4.83. The summed E-state index contributed by atoms with van der Waals surface area (Å²) in [5, 5.41) is 0.617. The number of nitrogens with zero attached hydrogens (tertiary/aromatic N) is 2. The van der Waals surface area contributed by atoms with E-state index < -0.39 is 16.9 Å². The van der Waals surface area contributed by atoms with Crippen molar-refractivity contribution in [3.63, 3.8) is 0 Å². The highest BCUT2D eigenvalue weighted by atomic mass is 35.5. The van der Waals surface area contributed by atoms with Gasteiger partial charge in [-0.2, -0.15) is 0 Å². The maximum atomic E-state index is 14.5. The molecule has 1 spiro atoms. The van der Waals surface area contributed by atoms with Crippen molar-refractivity contribution in [3.8, 4) is 0 Å². The van der Waals surface area contributed by atoms with Crippen molar-refractivity contribution in [2.75, 3.05) is 11.4 Å². The van der Waals surface area contributed by atoms with Crippen LogP contribution in [0.4, 0.5) is 5.69 Å². The number of carbonyl (C=O) groups is 2. The molecule has 6 nitrogen and oxygen atoms in total. The van der Waals surface area contributed by atoms with Crippen LogP contribution in [0.5, 0.6) is 0 Å². The number of hydrogen-bond donors (Lipinski definition) is 0. The van der Waals surface area contributed by atoms with Gasteiger partial charge in [-0.3, -0.25) is 14.4 Å². The molecule has 0 bridgehead atoms. The van der Waals surface area contributed by atoms with Crippen molar-refractivity contribution >= 4 is 40.1 Å². The molecule has 0 saturated heterocycles. The second kappa shape index (κ2) is 7.82. The molecular weight excluding hydrogens is 464 g/mol. The van der Waals surface area contributed by atoms with E-state index in [-0.39, 0.29) is 28.2 Å². The summed E-state index contributed by atoms with van der Waals surface area (Å²) in [5.41, 5.74) is 0.546. The van der Waals surface area contributed by atoms with Gasteiger partial charge in [0.2, 0.25) is 5.76 Å². The molecule has 4 aromatic rings. The van der Waals surface area contributed by atoms with Crippen LogP contribution < -0.4 is 10.3 Å².